The topological polar surface area (TPSA) is 72.8 Å². The summed E-state index contributed by atoms with van der Waals surface area (Å²) in [5.74, 6) is 0.0745. The first kappa shape index (κ1) is 17.5. The fourth-order valence-electron chi connectivity index (χ4n) is 4.19. The number of benzene rings is 2. The lowest BCUT2D eigenvalue weighted by molar-refractivity contribution is 0.0971. The maximum Gasteiger partial charge on any atom is 0.198 e. The Morgan fingerprint density at radius 2 is 1.56 bits per heavy atom. The Balaban J connectivity index is 2.12. The van der Waals surface area contributed by atoms with Crippen LogP contribution < -0.4 is 9.47 Å². The molecular formula is C22H20O5. The van der Waals surface area contributed by atoms with Crippen molar-refractivity contribution in [2.75, 3.05) is 14.2 Å². The third-order valence-corrected chi connectivity index (χ3v) is 5.43. The number of hydrogen-bond acceptors (Lipinski definition) is 5. The van der Waals surface area contributed by atoms with E-state index < -0.39 is 6.10 Å². The lowest BCUT2D eigenvalue weighted by Crippen LogP contribution is -2.26. The van der Waals surface area contributed by atoms with Crippen molar-refractivity contribution in [2.45, 2.75) is 25.9 Å². The van der Waals surface area contributed by atoms with Crippen molar-refractivity contribution in [3.63, 3.8) is 0 Å². The molecule has 2 aliphatic rings. The van der Waals surface area contributed by atoms with E-state index in [2.05, 4.69) is 0 Å². The van der Waals surface area contributed by atoms with Crippen molar-refractivity contribution in [3.8, 4) is 11.5 Å². The Bertz CT molecular complexity index is 1020. The average Bonchev–Trinajstić information content (AvgIpc) is 2.69. The number of ether oxygens (including phenoxy) is 2. The van der Waals surface area contributed by atoms with Crippen LogP contribution in [-0.2, 0) is 6.42 Å². The van der Waals surface area contributed by atoms with Crippen LogP contribution in [0.15, 0.2) is 35.9 Å². The highest BCUT2D eigenvalue weighted by Crippen LogP contribution is 2.49. The number of aliphatic hydroxyl groups is 1. The summed E-state index contributed by atoms with van der Waals surface area (Å²) in [7, 11) is 2.94. The van der Waals surface area contributed by atoms with Gasteiger partial charge in [-0.1, -0.05) is 35.9 Å². The van der Waals surface area contributed by atoms with Crippen LogP contribution in [0.25, 0.3) is 0 Å². The standard InChI is InChI=1S/C22H20O5/c1-4-11-9-14-16(15(23)10-11)22(27-3)18-17(21(14)26-2)19(24)12-7-5-6-8-13(12)20(18)25/h4-8,15,23H,9-10H2,1-3H3/b11-4-. The highest BCUT2D eigenvalue weighted by atomic mass is 16.5. The molecule has 0 fully saturated rings. The van der Waals surface area contributed by atoms with Gasteiger partial charge in [0, 0.05) is 22.3 Å². The molecule has 4 rings (SSSR count). The van der Waals surface area contributed by atoms with Crippen LogP contribution in [-0.4, -0.2) is 30.9 Å². The molecule has 0 spiro atoms. The Labute approximate surface area is 157 Å². The third kappa shape index (κ3) is 2.35. The van der Waals surface area contributed by atoms with E-state index in [1.54, 1.807) is 24.3 Å². The lowest BCUT2D eigenvalue weighted by Gasteiger charge is -2.31. The van der Waals surface area contributed by atoms with E-state index in [1.165, 1.54) is 14.2 Å². The quantitative estimate of drug-likeness (QED) is 0.706. The number of fused-ring (bicyclic) bond motifs is 3. The zero-order chi connectivity index (χ0) is 19.3. The number of aliphatic hydroxyl groups excluding tert-OH is 1. The molecule has 27 heavy (non-hydrogen) atoms. The Kier molecular flexibility index (Phi) is 4.12. The van der Waals surface area contributed by atoms with E-state index in [0.717, 1.165) is 5.57 Å². The molecule has 5 heteroatoms. The van der Waals surface area contributed by atoms with Crippen LogP contribution in [0.3, 0.4) is 0 Å². The van der Waals surface area contributed by atoms with Gasteiger partial charge in [0.05, 0.1) is 31.5 Å². The minimum Gasteiger partial charge on any atom is -0.496 e. The van der Waals surface area contributed by atoms with Crippen LogP contribution in [0, 0.1) is 0 Å². The molecule has 2 aromatic rings. The van der Waals surface area contributed by atoms with Gasteiger partial charge in [-0.15, -0.1) is 0 Å². The van der Waals surface area contributed by atoms with Crippen LogP contribution in [0.5, 0.6) is 11.5 Å². The van der Waals surface area contributed by atoms with Gasteiger partial charge in [-0.2, -0.15) is 0 Å². The summed E-state index contributed by atoms with van der Waals surface area (Å²) >= 11 is 0. The van der Waals surface area contributed by atoms with Crippen LogP contribution in [0.4, 0.5) is 0 Å². The molecule has 138 valence electrons. The van der Waals surface area contributed by atoms with E-state index in [1.807, 2.05) is 13.0 Å². The number of methoxy groups -OCH3 is 2. The van der Waals surface area contributed by atoms with Gasteiger partial charge in [-0.25, -0.2) is 0 Å². The minimum absolute atomic E-state index is 0.180. The van der Waals surface area contributed by atoms with Crippen molar-refractivity contribution in [3.05, 3.63) is 69.3 Å². The predicted octanol–water partition coefficient (Wildman–Crippen LogP) is 3.41. The molecule has 2 aliphatic carbocycles. The first-order valence-electron chi connectivity index (χ1n) is 8.84. The second-order valence-corrected chi connectivity index (χ2v) is 6.76. The fourth-order valence-corrected chi connectivity index (χ4v) is 4.19. The van der Waals surface area contributed by atoms with Crippen molar-refractivity contribution < 1.29 is 24.2 Å². The van der Waals surface area contributed by atoms with Crippen LogP contribution in [0.2, 0.25) is 0 Å². The molecule has 0 saturated carbocycles. The molecule has 5 nitrogen and oxygen atoms in total. The van der Waals surface area contributed by atoms with Crippen molar-refractivity contribution in [2.24, 2.45) is 0 Å². The molecule has 0 aliphatic heterocycles. The third-order valence-electron chi connectivity index (χ3n) is 5.43. The monoisotopic (exact) mass is 364 g/mol. The van der Waals surface area contributed by atoms with Gasteiger partial charge in [0.25, 0.3) is 0 Å². The fraction of sp³-hybridized carbons (Fsp3) is 0.273. The largest absolute Gasteiger partial charge is 0.496 e. The zero-order valence-electron chi connectivity index (χ0n) is 15.5. The average molecular weight is 364 g/mol. The first-order valence-corrected chi connectivity index (χ1v) is 8.84. The molecule has 2 aromatic carbocycles. The second-order valence-electron chi connectivity index (χ2n) is 6.76. The van der Waals surface area contributed by atoms with Gasteiger partial charge in [-0.05, 0) is 19.8 Å². The Morgan fingerprint density at radius 1 is 1.00 bits per heavy atom. The summed E-state index contributed by atoms with van der Waals surface area (Å²) in [5.41, 5.74) is 3.40. The van der Waals surface area contributed by atoms with Gasteiger partial charge >= 0.3 is 0 Å². The van der Waals surface area contributed by atoms with E-state index in [0.29, 0.717) is 40.8 Å². The SMILES string of the molecule is C/C=C1/Cc2c(OC)c3c(c(OC)c2C(O)C1)C(=O)c1ccccc1C3=O. The number of rotatable bonds is 2. The molecule has 0 aromatic heterocycles. The smallest absolute Gasteiger partial charge is 0.198 e. The van der Waals surface area contributed by atoms with Crippen molar-refractivity contribution in [1.82, 2.24) is 0 Å². The number of hydrogen-bond donors (Lipinski definition) is 1. The van der Waals surface area contributed by atoms with E-state index in [-0.39, 0.29) is 28.4 Å². The summed E-state index contributed by atoms with van der Waals surface area (Å²) < 4.78 is 11.2. The Hall–Kier alpha value is -2.92. The lowest BCUT2D eigenvalue weighted by atomic mass is 9.76. The van der Waals surface area contributed by atoms with Crippen LogP contribution >= 0.6 is 0 Å². The van der Waals surface area contributed by atoms with Gasteiger partial charge in [0.15, 0.2) is 11.6 Å². The number of carbonyl (C=O) groups excluding carboxylic acids is 2. The summed E-state index contributed by atoms with van der Waals surface area (Å²) in [5, 5.41) is 10.8. The minimum atomic E-state index is -0.825. The first-order chi connectivity index (χ1) is 13.0. The summed E-state index contributed by atoms with van der Waals surface area (Å²) in [6.45, 7) is 1.92. The molecular weight excluding hydrogens is 344 g/mol. The van der Waals surface area contributed by atoms with E-state index >= 15 is 0 Å². The van der Waals surface area contributed by atoms with Crippen molar-refractivity contribution >= 4 is 11.6 Å². The molecule has 1 unspecified atom stereocenters. The van der Waals surface area contributed by atoms with Gasteiger partial charge in [0.2, 0.25) is 0 Å². The second kappa shape index (κ2) is 6.35. The molecule has 0 heterocycles. The molecule has 1 atom stereocenters. The number of carbonyl (C=O) groups is 2. The maximum atomic E-state index is 13.3. The van der Waals surface area contributed by atoms with Gasteiger partial charge < -0.3 is 14.6 Å². The highest BCUT2D eigenvalue weighted by Gasteiger charge is 2.41. The molecule has 0 bridgehead atoms. The molecule has 1 N–H and O–H groups in total. The predicted molar refractivity (Wildman–Crippen MR) is 99.9 cm³/mol. The van der Waals surface area contributed by atoms with E-state index in [9.17, 15) is 14.7 Å². The van der Waals surface area contributed by atoms with Gasteiger partial charge in [0.1, 0.15) is 11.5 Å². The summed E-state index contributed by atoms with van der Waals surface area (Å²) in [4.78, 5) is 26.5. The van der Waals surface area contributed by atoms with Crippen LogP contribution in [0.1, 0.15) is 62.4 Å². The Morgan fingerprint density at radius 3 is 2.07 bits per heavy atom. The summed E-state index contributed by atoms with van der Waals surface area (Å²) in [6.07, 6.45) is 2.13. The highest BCUT2D eigenvalue weighted by molar-refractivity contribution is 6.30. The van der Waals surface area contributed by atoms with E-state index in [4.69, 9.17) is 9.47 Å². The number of allylic oxidation sites excluding steroid dienone is 1. The number of ketones is 2. The summed E-state index contributed by atoms with van der Waals surface area (Å²) in [6, 6.07) is 6.75. The van der Waals surface area contributed by atoms with Crippen molar-refractivity contribution in [1.29, 1.82) is 0 Å². The molecule has 0 radical (unpaired) electrons. The zero-order valence-corrected chi connectivity index (χ0v) is 15.5. The normalized spacial score (nSPS) is 19.4. The molecule has 0 saturated heterocycles. The maximum absolute atomic E-state index is 13.3. The van der Waals surface area contributed by atoms with Gasteiger partial charge in [-0.3, -0.25) is 9.59 Å². The molecule has 0 amide bonds.